The van der Waals surface area contributed by atoms with Crippen LogP contribution in [0, 0.1) is 6.92 Å². The number of hydrogen-bond acceptors (Lipinski definition) is 4. The summed E-state index contributed by atoms with van der Waals surface area (Å²) in [6.45, 7) is 3.40. The molecule has 1 unspecified atom stereocenters. The number of nitrogens with one attached hydrogen (secondary N) is 1. The van der Waals surface area contributed by atoms with Crippen LogP contribution in [0.25, 0.3) is 11.3 Å². The maximum atomic E-state index is 12.8. The zero-order valence-corrected chi connectivity index (χ0v) is 15.6. The zero-order valence-electron chi connectivity index (χ0n) is 14.8. The summed E-state index contributed by atoms with van der Waals surface area (Å²) in [5, 5.41) is 7.28. The number of carbonyl (C=O) groups excluding carboxylic acids is 2. The quantitative estimate of drug-likeness (QED) is 0.691. The van der Waals surface area contributed by atoms with E-state index < -0.39 is 11.8 Å². The molecule has 0 bridgehead atoms. The van der Waals surface area contributed by atoms with Gasteiger partial charge in [-0.15, -0.1) is 0 Å². The molecule has 1 atom stereocenters. The molecule has 0 aliphatic heterocycles. The van der Waals surface area contributed by atoms with Crippen molar-refractivity contribution < 1.29 is 14.1 Å². The summed E-state index contributed by atoms with van der Waals surface area (Å²) >= 11 is 6.23. The second-order valence-electron chi connectivity index (χ2n) is 6.14. The molecule has 0 aliphatic carbocycles. The highest BCUT2D eigenvalue weighted by Gasteiger charge is 2.23. The number of rotatable bonds is 5. The Morgan fingerprint density at radius 1 is 1.15 bits per heavy atom. The van der Waals surface area contributed by atoms with Gasteiger partial charge in [0.05, 0.1) is 10.9 Å². The number of anilines is 1. The van der Waals surface area contributed by atoms with Crippen LogP contribution in [-0.2, 0) is 4.79 Å². The first-order valence-corrected chi connectivity index (χ1v) is 8.68. The maximum absolute atomic E-state index is 12.8. The van der Waals surface area contributed by atoms with E-state index in [2.05, 4.69) is 10.5 Å². The summed E-state index contributed by atoms with van der Waals surface area (Å²) in [4.78, 5) is 24.1. The molecule has 7 heteroatoms. The molecule has 3 aromatic rings. The Bertz CT molecular complexity index is 996. The third-order valence-corrected chi connectivity index (χ3v) is 4.64. The van der Waals surface area contributed by atoms with Crippen LogP contribution in [0.15, 0.2) is 53.1 Å². The normalized spacial score (nSPS) is 11.8. The number of aryl methyl sites for hydroxylation is 1. The number of carbonyl (C=O) groups is 2. The van der Waals surface area contributed by atoms with Gasteiger partial charge in [-0.2, -0.15) is 0 Å². The molecule has 2 amide bonds. The highest BCUT2D eigenvalue weighted by Crippen LogP contribution is 2.31. The van der Waals surface area contributed by atoms with Crippen molar-refractivity contribution in [3.63, 3.8) is 0 Å². The summed E-state index contributed by atoms with van der Waals surface area (Å²) in [6.07, 6.45) is 0. The number of primary amides is 1. The van der Waals surface area contributed by atoms with E-state index in [1.54, 1.807) is 56.3 Å². The van der Waals surface area contributed by atoms with Crippen LogP contribution in [0.1, 0.15) is 34.5 Å². The Labute approximate surface area is 161 Å². The predicted octanol–water partition coefficient (Wildman–Crippen LogP) is 4.14. The maximum Gasteiger partial charge on any atom is 0.261 e. The van der Waals surface area contributed by atoms with E-state index in [1.165, 1.54) is 0 Å². The monoisotopic (exact) mass is 383 g/mol. The van der Waals surface area contributed by atoms with E-state index in [0.29, 0.717) is 33.3 Å². The first-order chi connectivity index (χ1) is 12.9. The van der Waals surface area contributed by atoms with Gasteiger partial charge in [-0.3, -0.25) is 9.59 Å². The minimum Gasteiger partial charge on any atom is -0.369 e. The fourth-order valence-corrected chi connectivity index (χ4v) is 2.91. The third kappa shape index (κ3) is 3.85. The predicted molar refractivity (Wildman–Crippen MR) is 104 cm³/mol. The van der Waals surface area contributed by atoms with E-state index in [-0.39, 0.29) is 5.91 Å². The van der Waals surface area contributed by atoms with E-state index in [1.807, 2.05) is 6.07 Å². The zero-order chi connectivity index (χ0) is 19.6. The largest absolute Gasteiger partial charge is 0.369 e. The van der Waals surface area contributed by atoms with Gasteiger partial charge in [0.2, 0.25) is 5.91 Å². The third-order valence-electron chi connectivity index (χ3n) is 4.31. The van der Waals surface area contributed by atoms with Crippen LogP contribution >= 0.6 is 11.6 Å². The highest BCUT2D eigenvalue weighted by atomic mass is 35.5. The number of halogens is 1. The van der Waals surface area contributed by atoms with Gasteiger partial charge in [0.1, 0.15) is 17.0 Å². The molecule has 2 aromatic carbocycles. The van der Waals surface area contributed by atoms with Crippen molar-refractivity contribution in [1.29, 1.82) is 0 Å². The second kappa shape index (κ2) is 7.63. The van der Waals surface area contributed by atoms with Crippen molar-refractivity contribution in [2.24, 2.45) is 5.73 Å². The van der Waals surface area contributed by atoms with E-state index in [4.69, 9.17) is 21.9 Å². The molecule has 3 N–H and O–H groups in total. The van der Waals surface area contributed by atoms with E-state index in [0.717, 1.165) is 5.56 Å². The average molecular weight is 384 g/mol. The number of nitrogens with zero attached hydrogens (tertiary/aromatic N) is 1. The molecule has 0 spiro atoms. The molecule has 0 aliphatic rings. The SMILES string of the molecule is Cc1onc(-c2ccccc2Cl)c1C(=O)Nc1ccc(C(C)C(N)=O)cc1. The number of aromatic nitrogens is 1. The molecule has 3 rings (SSSR count). The molecule has 0 saturated heterocycles. The van der Waals surface area contributed by atoms with Crippen LogP contribution in [0.2, 0.25) is 5.02 Å². The summed E-state index contributed by atoms with van der Waals surface area (Å²) in [5.41, 5.74) is 7.98. The second-order valence-corrected chi connectivity index (χ2v) is 6.55. The van der Waals surface area contributed by atoms with Gasteiger partial charge in [0.15, 0.2) is 0 Å². The summed E-state index contributed by atoms with van der Waals surface area (Å²) < 4.78 is 5.22. The summed E-state index contributed by atoms with van der Waals surface area (Å²) in [7, 11) is 0. The van der Waals surface area contributed by atoms with Gasteiger partial charge in [-0.1, -0.05) is 47.1 Å². The number of hydrogen-bond donors (Lipinski definition) is 2. The summed E-state index contributed by atoms with van der Waals surface area (Å²) in [5.74, 6) is -0.779. The van der Waals surface area contributed by atoms with E-state index >= 15 is 0 Å². The molecule has 138 valence electrons. The standard InChI is InChI=1S/C20H18ClN3O3/c1-11(19(22)25)13-7-9-14(10-8-13)23-20(26)17-12(2)27-24-18(17)15-5-3-4-6-16(15)21/h3-11H,1-2H3,(H2,22,25)(H,23,26). The molecule has 6 nitrogen and oxygen atoms in total. The molecular weight excluding hydrogens is 366 g/mol. The van der Waals surface area contributed by atoms with Crippen LogP contribution in [0.4, 0.5) is 5.69 Å². The lowest BCUT2D eigenvalue weighted by Crippen LogP contribution is -2.18. The van der Waals surface area contributed by atoms with Crippen molar-refractivity contribution in [2.75, 3.05) is 5.32 Å². The van der Waals surface area contributed by atoms with Crippen molar-refractivity contribution >= 4 is 29.1 Å². The van der Waals surface area contributed by atoms with Gasteiger partial charge in [-0.05, 0) is 37.6 Å². The molecule has 27 heavy (non-hydrogen) atoms. The molecule has 0 saturated carbocycles. The number of amides is 2. The first kappa shape index (κ1) is 18.7. The topological polar surface area (TPSA) is 98.2 Å². The Morgan fingerprint density at radius 2 is 1.81 bits per heavy atom. The van der Waals surface area contributed by atoms with Crippen LogP contribution in [0.5, 0.6) is 0 Å². The minimum atomic E-state index is -0.406. The van der Waals surface area contributed by atoms with Gasteiger partial charge < -0.3 is 15.6 Å². The van der Waals surface area contributed by atoms with Crippen LogP contribution in [0.3, 0.4) is 0 Å². The first-order valence-electron chi connectivity index (χ1n) is 8.30. The van der Waals surface area contributed by atoms with Gasteiger partial charge in [0.25, 0.3) is 5.91 Å². The Kier molecular flexibility index (Phi) is 5.28. The Hall–Kier alpha value is -3.12. The molecule has 0 fully saturated rings. The molecule has 1 heterocycles. The van der Waals surface area contributed by atoms with Crippen LogP contribution in [-0.4, -0.2) is 17.0 Å². The Balaban J connectivity index is 1.86. The lowest BCUT2D eigenvalue weighted by atomic mass is 10.0. The molecule has 0 radical (unpaired) electrons. The number of benzene rings is 2. The van der Waals surface area contributed by atoms with Gasteiger partial charge >= 0.3 is 0 Å². The number of nitrogens with two attached hydrogens (primary N) is 1. The van der Waals surface area contributed by atoms with Crippen LogP contribution < -0.4 is 11.1 Å². The molecule has 1 aromatic heterocycles. The minimum absolute atomic E-state index is 0.317. The summed E-state index contributed by atoms with van der Waals surface area (Å²) in [6, 6.07) is 14.0. The Morgan fingerprint density at radius 3 is 2.44 bits per heavy atom. The van der Waals surface area contributed by atoms with Crippen molar-refractivity contribution in [1.82, 2.24) is 5.16 Å². The fourth-order valence-electron chi connectivity index (χ4n) is 2.69. The van der Waals surface area contributed by atoms with E-state index in [9.17, 15) is 9.59 Å². The van der Waals surface area contributed by atoms with Gasteiger partial charge in [-0.25, -0.2) is 0 Å². The van der Waals surface area contributed by atoms with Crippen molar-refractivity contribution in [3.8, 4) is 11.3 Å². The van der Waals surface area contributed by atoms with Crippen molar-refractivity contribution in [3.05, 3.63) is 70.4 Å². The lowest BCUT2D eigenvalue weighted by molar-refractivity contribution is -0.119. The molecular formula is C20H18ClN3O3. The van der Waals surface area contributed by atoms with Gasteiger partial charge in [0, 0.05) is 11.3 Å². The lowest BCUT2D eigenvalue weighted by Gasteiger charge is -2.10. The van der Waals surface area contributed by atoms with Crippen molar-refractivity contribution in [2.45, 2.75) is 19.8 Å². The average Bonchev–Trinajstić information content (AvgIpc) is 3.03. The highest BCUT2D eigenvalue weighted by molar-refractivity contribution is 6.33. The smallest absolute Gasteiger partial charge is 0.261 e. The fraction of sp³-hybridized carbons (Fsp3) is 0.150.